The van der Waals surface area contributed by atoms with Gasteiger partial charge in [0.1, 0.15) is 18.1 Å². The zero-order valence-corrected chi connectivity index (χ0v) is 11.6. The van der Waals surface area contributed by atoms with Crippen molar-refractivity contribution < 1.29 is 14.3 Å². The fourth-order valence-electron chi connectivity index (χ4n) is 2.00. The summed E-state index contributed by atoms with van der Waals surface area (Å²) in [7, 11) is 0. The molecule has 6 heteroatoms. The number of urea groups is 1. The van der Waals surface area contributed by atoms with E-state index in [1.807, 2.05) is 30.3 Å². The number of nitrogens with zero attached hydrogens (tertiary/aromatic N) is 1. The molecule has 1 aromatic carbocycles. The third-order valence-corrected chi connectivity index (χ3v) is 3.04. The molecule has 1 aliphatic rings. The third-order valence-electron chi connectivity index (χ3n) is 3.04. The van der Waals surface area contributed by atoms with E-state index in [4.69, 9.17) is 4.74 Å². The molecule has 1 saturated heterocycles. The number of imide groups is 1. The SMILES string of the molecule is O=C1NC(=O)/C(=C\c2ccccc2OCc2ccccn2)N1. The Bertz CT molecular complexity index is 741. The van der Waals surface area contributed by atoms with Gasteiger partial charge in [0.25, 0.3) is 5.91 Å². The fraction of sp³-hybridized carbons (Fsp3) is 0.0625. The summed E-state index contributed by atoms with van der Waals surface area (Å²) >= 11 is 0. The van der Waals surface area contributed by atoms with Gasteiger partial charge in [0.2, 0.25) is 0 Å². The maximum absolute atomic E-state index is 11.6. The van der Waals surface area contributed by atoms with Gasteiger partial charge in [-0.15, -0.1) is 0 Å². The number of aromatic nitrogens is 1. The second-order valence-corrected chi connectivity index (χ2v) is 4.61. The van der Waals surface area contributed by atoms with Gasteiger partial charge in [0.15, 0.2) is 0 Å². The number of nitrogens with one attached hydrogen (secondary N) is 2. The number of carbonyl (C=O) groups is 2. The second-order valence-electron chi connectivity index (χ2n) is 4.61. The second kappa shape index (κ2) is 6.09. The molecule has 0 aliphatic carbocycles. The Labute approximate surface area is 126 Å². The van der Waals surface area contributed by atoms with Gasteiger partial charge >= 0.3 is 6.03 Å². The number of hydrogen-bond acceptors (Lipinski definition) is 4. The van der Waals surface area contributed by atoms with E-state index in [0.29, 0.717) is 17.9 Å². The van der Waals surface area contributed by atoms with Crippen molar-refractivity contribution in [2.45, 2.75) is 6.61 Å². The monoisotopic (exact) mass is 295 g/mol. The van der Waals surface area contributed by atoms with Crippen molar-refractivity contribution in [3.63, 3.8) is 0 Å². The van der Waals surface area contributed by atoms with Gasteiger partial charge in [0, 0.05) is 11.8 Å². The molecule has 1 aliphatic heterocycles. The van der Waals surface area contributed by atoms with Gasteiger partial charge < -0.3 is 10.1 Å². The minimum atomic E-state index is -0.525. The first-order valence-electron chi connectivity index (χ1n) is 6.68. The lowest BCUT2D eigenvalue weighted by molar-refractivity contribution is -0.115. The number of amides is 3. The van der Waals surface area contributed by atoms with Crippen LogP contribution in [0.4, 0.5) is 4.79 Å². The highest BCUT2D eigenvalue weighted by Gasteiger charge is 2.23. The molecule has 0 spiro atoms. The first-order valence-corrected chi connectivity index (χ1v) is 6.68. The molecule has 0 atom stereocenters. The molecule has 3 amide bonds. The van der Waals surface area contributed by atoms with E-state index in [1.54, 1.807) is 24.4 Å². The maximum atomic E-state index is 11.6. The van der Waals surface area contributed by atoms with E-state index >= 15 is 0 Å². The summed E-state index contributed by atoms with van der Waals surface area (Å²) in [6.45, 7) is 0.319. The molecule has 1 fully saturated rings. The van der Waals surface area contributed by atoms with Gasteiger partial charge in [-0.2, -0.15) is 0 Å². The van der Waals surface area contributed by atoms with Gasteiger partial charge in [-0.05, 0) is 24.3 Å². The predicted molar refractivity (Wildman–Crippen MR) is 79.7 cm³/mol. The van der Waals surface area contributed by atoms with Crippen molar-refractivity contribution in [3.05, 3.63) is 65.6 Å². The normalized spacial score (nSPS) is 15.5. The number of pyridine rings is 1. The minimum absolute atomic E-state index is 0.193. The Morgan fingerprint density at radius 2 is 1.86 bits per heavy atom. The minimum Gasteiger partial charge on any atom is -0.487 e. The summed E-state index contributed by atoms with van der Waals surface area (Å²) in [6, 6.07) is 12.3. The summed E-state index contributed by atoms with van der Waals surface area (Å²) in [6.07, 6.45) is 3.28. The number of rotatable bonds is 4. The van der Waals surface area contributed by atoms with Crippen molar-refractivity contribution in [3.8, 4) is 5.75 Å². The van der Waals surface area contributed by atoms with Gasteiger partial charge in [-0.3, -0.25) is 15.1 Å². The molecule has 1 aromatic heterocycles. The third kappa shape index (κ3) is 3.12. The van der Waals surface area contributed by atoms with Crippen LogP contribution in [-0.4, -0.2) is 16.9 Å². The quantitative estimate of drug-likeness (QED) is 0.666. The molecule has 6 nitrogen and oxygen atoms in total. The number of para-hydroxylation sites is 1. The van der Waals surface area contributed by atoms with Crippen LogP contribution in [0.3, 0.4) is 0 Å². The van der Waals surface area contributed by atoms with Crippen LogP contribution < -0.4 is 15.4 Å². The molecular weight excluding hydrogens is 282 g/mol. The largest absolute Gasteiger partial charge is 0.487 e. The lowest BCUT2D eigenvalue weighted by atomic mass is 10.1. The van der Waals surface area contributed by atoms with Crippen LogP contribution in [0.15, 0.2) is 54.4 Å². The highest BCUT2D eigenvalue weighted by molar-refractivity contribution is 6.14. The molecule has 2 N–H and O–H groups in total. The molecule has 22 heavy (non-hydrogen) atoms. The molecular formula is C16H13N3O3. The Kier molecular flexibility index (Phi) is 3.82. The number of hydrogen-bond donors (Lipinski definition) is 2. The molecule has 0 unspecified atom stereocenters. The number of benzene rings is 1. The zero-order valence-electron chi connectivity index (χ0n) is 11.6. The van der Waals surface area contributed by atoms with Crippen LogP contribution >= 0.6 is 0 Å². The molecule has 110 valence electrons. The van der Waals surface area contributed by atoms with E-state index in [1.165, 1.54) is 0 Å². The summed E-state index contributed by atoms with van der Waals surface area (Å²) in [5.74, 6) is 0.152. The van der Waals surface area contributed by atoms with E-state index in [2.05, 4.69) is 15.6 Å². The lowest BCUT2D eigenvalue weighted by Crippen LogP contribution is -2.22. The summed E-state index contributed by atoms with van der Waals surface area (Å²) < 4.78 is 5.74. The van der Waals surface area contributed by atoms with E-state index in [-0.39, 0.29) is 5.70 Å². The Hall–Kier alpha value is -3.15. The highest BCUT2D eigenvalue weighted by Crippen LogP contribution is 2.22. The topological polar surface area (TPSA) is 80.3 Å². The van der Waals surface area contributed by atoms with Crippen molar-refractivity contribution in [2.24, 2.45) is 0 Å². The predicted octanol–water partition coefficient (Wildman–Crippen LogP) is 1.84. The van der Waals surface area contributed by atoms with Crippen LogP contribution in [0, 0.1) is 0 Å². The Morgan fingerprint density at radius 1 is 1.05 bits per heavy atom. The van der Waals surface area contributed by atoms with E-state index in [0.717, 1.165) is 5.69 Å². The van der Waals surface area contributed by atoms with Crippen molar-refractivity contribution >= 4 is 18.0 Å². The van der Waals surface area contributed by atoms with Crippen LogP contribution in [0.5, 0.6) is 5.75 Å². The fourth-order valence-corrected chi connectivity index (χ4v) is 2.00. The van der Waals surface area contributed by atoms with Crippen LogP contribution in [0.1, 0.15) is 11.3 Å². The molecule has 2 aromatic rings. The summed E-state index contributed by atoms with van der Waals surface area (Å²) in [5, 5.41) is 4.60. The van der Waals surface area contributed by atoms with Crippen molar-refractivity contribution in [2.75, 3.05) is 0 Å². The first-order chi connectivity index (χ1) is 10.7. The lowest BCUT2D eigenvalue weighted by Gasteiger charge is -2.09. The molecule has 0 bridgehead atoms. The molecule has 2 heterocycles. The maximum Gasteiger partial charge on any atom is 0.326 e. The zero-order chi connectivity index (χ0) is 15.4. The van der Waals surface area contributed by atoms with Gasteiger partial charge in [-0.1, -0.05) is 24.3 Å². The van der Waals surface area contributed by atoms with Crippen molar-refractivity contribution in [1.82, 2.24) is 15.6 Å². The Balaban J connectivity index is 1.80. The average Bonchev–Trinajstić information content (AvgIpc) is 2.85. The van der Waals surface area contributed by atoms with Crippen molar-refractivity contribution in [1.29, 1.82) is 0 Å². The van der Waals surface area contributed by atoms with Crippen LogP contribution in [0.2, 0.25) is 0 Å². The van der Waals surface area contributed by atoms with Crippen LogP contribution in [-0.2, 0) is 11.4 Å². The smallest absolute Gasteiger partial charge is 0.326 e. The first kappa shape index (κ1) is 13.8. The molecule has 0 saturated carbocycles. The summed E-state index contributed by atoms with van der Waals surface area (Å²) in [5.41, 5.74) is 1.70. The summed E-state index contributed by atoms with van der Waals surface area (Å²) in [4.78, 5) is 26.9. The standard InChI is InChI=1S/C16H13N3O3/c20-15-13(18-16(21)19-15)9-11-5-1-2-7-14(11)22-10-12-6-3-4-8-17-12/h1-9H,10H2,(H2,18,19,20,21)/b13-9+. The average molecular weight is 295 g/mol. The Morgan fingerprint density at radius 3 is 2.59 bits per heavy atom. The van der Waals surface area contributed by atoms with Crippen LogP contribution in [0.25, 0.3) is 6.08 Å². The van der Waals surface area contributed by atoms with E-state index in [9.17, 15) is 9.59 Å². The van der Waals surface area contributed by atoms with E-state index < -0.39 is 11.9 Å². The molecule has 0 radical (unpaired) electrons. The van der Waals surface area contributed by atoms with Gasteiger partial charge in [0.05, 0.1) is 5.69 Å². The van der Waals surface area contributed by atoms with Gasteiger partial charge in [-0.25, -0.2) is 4.79 Å². The molecule has 3 rings (SSSR count). The highest BCUT2D eigenvalue weighted by atomic mass is 16.5. The number of carbonyl (C=O) groups excluding carboxylic acids is 2. The number of ether oxygens (including phenoxy) is 1.